The van der Waals surface area contributed by atoms with E-state index in [9.17, 15) is 9.59 Å². The molecule has 0 saturated heterocycles. The van der Waals surface area contributed by atoms with Gasteiger partial charge in [-0.3, -0.25) is 9.59 Å². The van der Waals surface area contributed by atoms with Crippen LogP contribution in [-0.4, -0.2) is 28.3 Å². The van der Waals surface area contributed by atoms with Gasteiger partial charge >= 0.3 is 0 Å². The molecule has 3 rings (SSSR count). The van der Waals surface area contributed by atoms with Gasteiger partial charge in [0.05, 0.1) is 5.54 Å². The van der Waals surface area contributed by atoms with Crippen molar-refractivity contribution in [2.24, 2.45) is 5.73 Å². The molecule has 2 saturated carbocycles. The van der Waals surface area contributed by atoms with Crippen molar-refractivity contribution in [3.8, 4) is 0 Å². The molecule has 0 unspecified atom stereocenters. The molecule has 22 heavy (non-hydrogen) atoms. The number of hydrogen-bond acceptors (Lipinski definition) is 3. The average Bonchev–Trinajstić information content (AvgIpc) is 3.34. The lowest BCUT2D eigenvalue weighted by Gasteiger charge is -2.20. The Morgan fingerprint density at radius 1 is 1.27 bits per heavy atom. The summed E-state index contributed by atoms with van der Waals surface area (Å²) in [5.41, 5.74) is 7.02. The Labute approximate surface area is 136 Å². The Morgan fingerprint density at radius 2 is 1.86 bits per heavy atom. The molecule has 1 aromatic rings. The van der Waals surface area contributed by atoms with Gasteiger partial charge in [-0.2, -0.15) is 0 Å². The summed E-state index contributed by atoms with van der Waals surface area (Å²) in [6, 6.07) is 8.04. The smallest absolute Gasteiger partial charge is 0.244 e. The summed E-state index contributed by atoms with van der Waals surface area (Å²) in [6.07, 6.45) is 3.72. The number of hydrogen-bond donors (Lipinski definition) is 2. The van der Waals surface area contributed by atoms with E-state index in [1.54, 1.807) is 6.92 Å². The first-order valence-electron chi connectivity index (χ1n) is 7.44. The van der Waals surface area contributed by atoms with Gasteiger partial charge in [0.15, 0.2) is 0 Å². The number of nitrogens with two attached hydrogens (primary N) is 1. The predicted octanol–water partition coefficient (Wildman–Crippen LogP) is 2.05. The molecule has 2 fully saturated rings. The summed E-state index contributed by atoms with van der Waals surface area (Å²) in [5.74, 6) is 0.00674. The molecule has 0 bridgehead atoms. The van der Waals surface area contributed by atoms with Crippen LogP contribution in [0.1, 0.15) is 38.2 Å². The van der Waals surface area contributed by atoms with E-state index in [2.05, 4.69) is 5.32 Å². The van der Waals surface area contributed by atoms with E-state index in [1.807, 2.05) is 29.2 Å². The van der Waals surface area contributed by atoms with Crippen LogP contribution in [0.2, 0.25) is 0 Å². The zero-order valence-corrected chi connectivity index (χ0v) is 13.5. The third-order valence-corrected chi connectivity index (χ3v) is 4.20. The standard InChI is InChI=1S/C16H21N3O2.ClH/c1-11(20)19(14-6-7-14)10-12-2-4-13(5-3-12)18-15(21)16(17)8-9-16;/h2-5,14H,6-10,17H2,1H3,(H,18,21);1H. The number of anilines is 1. The molecular weight excluding hydrogens is 302 g/mol. The highest BCUT2D eigenvalue weighted by Crippen LogP contribution is 2.33. The highest BCUT2D eigenvalue weighted by atomic mass is 35.5. The van der Waals surface area contributed by atoms with Crippen molar-refractivity contribution in [3.63, 3.8) is 0 Å². The highest BCUT2D eigenvalue weighted by Gasteiger charge is 2.45. The summed E-state index contributed by atoms with van der Waals surface area (Å²) < 4.78 is 0. The van der Waals surface area contributed by atoms with E-state index < -0.39 is 5.54 Å². The number of carbonyl (C=O) groups is 2. The molecular formula is C16H22ClN3O2. The molecule has 2 amide bonds. The number of nitrogens with zero attached hydrogens (tertiary/aromatic N) is 1. The molecule has 5 nitrogen and oxygen atoms in total. The first-order valence-corrected chi connectivity index (χ1v) is 7.44. The van der Waals surface area contributed by atoms with Gasteiger partial charge in [0.2, 0.25) is 11.8 Å². The zero-order chi connectivity index (χ0) is 15.0. The summed E-state index contributed by atoms with van der Waals surface area (Å²) in [7, 11) is 0. The van der Waals surface area contributed by atoms with Crippen molar-refractivity contribution in [3.05, 3.63) is 29.8 Å². The minimum Gasteiger partial charge on any atom is -0.336 e. The largest absolute Gasteiger partial charge is 0.336 e. The van der Waals surface area contributed by atoms with Crippen LogP contribution in [0.5, 0.6) is 0 Å². The maximum absolute atomic E-state index is 11.9. The molecule has 0 radical (unpaired) electrons. The number of nitrogens with one attached hydrogen (secondary N) is 1. The predicted molar refractivity (Wildman–Crippen MR) is 87.7 cm³/mol. The quantitative estimate of drug-likeness (QED) is 0.870. The van der Waals surface area contributed by atoms with Gasteiger partial charge in [-0.25, -0.2) is 0 Å². The van der Waals surface area contributed by atoms with Crippen molar-refractivity contribution in [1.29, 1.82) is 0 Å². The molecule has 3 N–H and O–H groups in total. The summed E-state index contributed by atoms with van der Waals surface area (Å²) in [5, 5.41) is 2.84. The van der Waals surface area contributed by atoms with Crippen molar-refractivity contribution in [2.45, 2.75) is 50.7 Å². The number of carbonyl (C=O) groups excluding carboxylic acids is 2. The van der Waals surface area contributed by atoms with Gasteiger partial charge in [-0.15, -0.1) is 12.4 Å². The second-order valence-electron chi connectivity index (χ2n) is 6.19. The number of halogens is 1. The van der Waals surface area contributed by atoms with Crippen LogP contribution in [-0.2, 0) is 16.1 Å². The van der Waals surface area contributed by atoms with Crippen molar-refractivity contribution in [1.82, 2.24) is 4.90 Å². The monoisotopic (exact) mass is 323 g/mol. The first-order chi connectivity index (χ1) is 9.98. The molecule has 0 heterocycles. The lowest BCUT2D eigenvalue weighted by Crippen LogP contribution is -2.37. The molecule has 0 atom stereocenters. The topological polar surface area (TPSA) is 75.4 Å². The van der Waals surface area contributed by atoms with Crippen LogP contribution in [0.3, 0.4) is 0 Å². The molecule has 2 aliphatic rings. The van der Waals surface area contributed by atoms with Crippen molar-refractivity contribution >= 4 is 29.9 Å². The number of benzene rings is 1. The van der Waals surface area contributed by atoms with Gasteiger partial charge in [-0.1, -0.05) is 12.1 Å². The van der Waals surface area contributed by atoms with Crippen molar-refractivity contribution in [2.75, 3.05) is 5.32 Å². The fraction of sp³-hybridized carbons (Fsp3) is 0.500. The first kappa shape index (κ1) is 16.8. The van der Waals surface area contributed by atoms with Gasteiger partial charge in [0.1, 0.15) is 0 Å². The van der Waals surface area contributed by atoms with E-state index in [0.717, 1.165) is 36.9 Å². The molecule has 120 valence electrons. The van der Waals surface area contributed by atoms with Gasteiger partial charge in [-0.05, 0) is 43.4 Å². The van der Waals surface area contributed by atoms with Gasteiger partial charge in [0, 0.05) is 25.2 Å². The Bertz CT molecular complexity index is 565. The van der Waals surface area contributed by atoms with Crippen LogP contribution in [0.25, 0.3) is 0 Å². The number of amides is 2. The Morgan fingerprint density at radius 3 is 2.32 bits per heavy atom. The number of rotatable bonds is 5. The molecule has 0 aliphatic heterocycles. The average molecular weight is 324 g/mol. The van der Waals surface area contributed by atoms with E-state index in [0.29, 0.717) is 12.6 Å². The summed E-state index contributed by atoms with van der Waals surface area (Å²) in [6.45, 7) is 2.25. The summed E-state index contributed by atoms with van der Waals surface area (Å²) >= 11 is 0. The molecule has 1 aromatic carbocycles. The maximum Gasteiger partial charge on any atom is 0.244 e. The minimum atomic E-state index is -0.657. The minimum absolute atomic E-state index is 0. The van der Waals surface area contributed by atoms with E-state index in [-0.39, 0.29) is 24.2 Å². The third kappa shape index (κ3) is 3.78. The molecule has 6 heteroatoms. The lowest BCUT2D eigenvalue weighted by molar-refractivity contribution is -0.130. The highest BCUT2D eigenvalue weighted by molar-refractivity contribution is 6.00. The van der Waals surface area contributed by atoms with Crippen LogP contribution in [0.15, 0.2) is 24.3 Å². The third-order valence-electron chi connectivity index (χ3n) is 4.20. The Balaban J connectivity index is 0.00000176. The Kier molecular flexibility index (Phi) is 4.78. The second-order valence-corrected chi connectivity index (χ2v) is 6.19. The second kappa shape index (κ2) is 6.26. The fourth-order valence-electron chi connectivity index (χ4n) is 2.39. The lowest BCUT2D eigenvalue weighted by atomic mass is 10.1. The van der Waals surface area contributed by atoms with E-state index in [1.165, 1.54) is 0 Å². The molecule has 2 aliphatic carbocycles. The van der Waals surface area contributed by atoms with Crippen LogP contribution < -0.4 is 11.1 Å². The van der Waals surface area contributed by atoms with Crippen LogP contribution >= 0.6 is 12.4 Å². The van der Waals surface area contributed by atoms with E-state index in [4.69, 9.17) is 5.73 Å². The zero-order valence-electron chi connectivity index (χ0n) is 12.7. The van der Waals surface area contributed by atoms with E-state index >= 15 is 0 Å². The Hall–Kier alpha value is -1.59. The van der Waals surface area contributed by atoms with Crippen LogP contribution in [0, 0.1) is 0 Å². The molecule has 0 aromatic heterocycles. The normalized spacial score (nSPS) is 18.1. The SMILES string of the molecule is CC(=O)N(Cc1ccc(NC(=O)C2(N)CC2)cc1)C1CC1.Cl. The van der Waals surface area contributed by atoms with Gasteiger partial charge in [0.25, 0.3) is 0 Å². The fourth-order valence-corrected chi connectivity index (χ4v) is 2.39. The maximum atomic E-state index is 11.9. The molecule has 0 spiro atoms. The van der Waals surface area contributed by atoms with Crippen molar-refractivity contribution < 1.29 is 9.59 Å². The van der Waals surface area contributed by atoms with Gasteiger partial charge < -0.3 is 16.0 Å². The summed E-state index contributed by atoms with van der Waals surface area (Å²) in [4.78, 5) is 25.4. The van der Waals surface area contributed by atoms with Crippen LogP contribution in [0.4, 0.5) is 5.69 Å².